The minimum atomic E-state index is -4.75. The standard InChI is InChI=1S/C23H25F3N4O/c1-5-29(15(2)3)18-12-8-17(9-13-18)28-22(31)20-14-27-30(21(20)23(24,25)26)19-10-6-16(4)7-11-19/h6-15H,5H2,1-4H3,(H,28,31). The summed E-state index contributed by atoms with van der Waals surface area (Å²) in [7, 11) is 0. The smallest absolute Gasteiger partial charge is 0.369 e. The fourth-order valence-corrected chi connectivity index (χ4v) is 3.45. The SMILES string of the molecule is CCN(c1ccc(NC(=O)c2cnn(-c3ccc(C)cc3)c2C(F)(F)F)cc1)C(C)C. The van der Waals surface area contributed by atoms with Gasteiger partial charge in [-0.2, -0.15) is 18.3 Å². The highest BCUT2D eigenvalue weighted by Gasteiger charge is 2.40. The highest BCUT2D eigenvalue weighted by atomic mass is 19.4. The molecule has 0 unspecified atom stereocenters. The molecule has 0 atom stereocenters. The predicted octanol–water partition coefficient (Wildman–Crippen LogP) is 5.69. The zero-order valence-corrected chi connectivity index (χ0v) is 17.9. The van der Waals surface area contributed by atoms with Crippen molar-refractivity contribution in [3.05, 3.63) is 71.5 Å². The molecular weight excluding hydrogens is 405 g/mol. The third-order valence-electron chi connectivity index (χ3n) is 4.98. The molecule has 0 saturated heterocycles. The van der Waals surface area contributed by atoms with Gasteiger partial charge in [-0.3, -0.25) is 4.79 Å². The second-order valence-corrected chi connectivity index (χ2v) is 7.53. The van der Waals surface area contributed by atoms with Crippen molar-refractivity contribution in [3.63, 3.8) is 0 Å². The first kappa shape index (κ1) is 22.4. The van der Waals surface area contributed by atoms with Crippen molar-refractivity contribution in [1.29, 1.82) is 0 Å². The second kappa shape index (κ2) is 8.83. The molecule has 0 radical (unpaired) electrons. The molecule has 8 heteroatoms. The summed E-state index contributed by atoms with van der Waals surface area (Å²) in [5.74, 6) is -0.866. The number of aryl methyl sites for hydroxylation is 1. The maximum absolute atomic E-state index is 13.8. The van der Waals surface area contributed by atoms with E-state index < -0.39 is 23.3 Å². The molecule has 0 bridgehead atoms. The Hall–Kier alpha value is -3.29. The molecule has 5 nitrogen and oxygen atoms in total. The summed E-state index contributed by atoms with van der Waals surface area (Å²) >= 11 is 0. The van der Waals surface area contributed by atoms with Crippen LogP contribution in [0.2, 0.25) is 0 Å². The summed E-state index contributed by atoms with van der Waals surface area (Å²) in [4.78, 5) is 14.9. The highest BCUT2D eigenvalue weighted by Crippen LogP contribution is 2.34. The average molecular weight is 430 g/mol. The quantitative estimate of drug-likeness (QED) is 0.547. The van der Waals surface area contributed by atoms with Gasteiger partial charge in [0.1, 0.15) is 0 Å². The van der Waals surface area contributed by atoms with Crippen molar-refractivity contribution in [2.75, 3.05) is 16.8 Å². The lowest BCUT2D eigenvalue weighted by atomic mass is 10.2. The molecule has 164 valence electrons. The summed E-state index contributed by atoms with van der Waals surface area (Å²) in [6, 6.07) is 13.8. The van der Waals surface area contributed by atoms with E-state index in [0.29, 0.717) is 11.7 Å². The third kappa shape index (κ3) is 4.90. The van der Waals surface area contributed by atoms with Crippen LogP contribution in [0, 0.1) is 6.92 Å². The van der Waals surface area contributed by atoms with E-state index >= 15 is 0 Å². The fraction of sp³-hybridized carbons (Fsp3) is 0.304. The van der Waals surface area contributed by atoms with Crippen LogP contribution in [-0.2, 0) is 6.18 Å². The maximum Gasteiger partial charge on any atom is 0.434 e. The number of nitrogens with zero attached hydrogens (tertiary/aromatic N) is 3. The highest BCUT2D eigenvalue weighted by molar-refractivity contribution is 6.05. The summed E-state index contributed by atoms with van der Waals surface area (Å²) in [5, 5.41) is 6.39. The Morgan fingerprint density at radius 2 is 1.71 bits per heavy atom. The Kier molecular flexibility index (Phi) is 6.38. The van der Waals surface area contributed by atoms with E-state index in [1.165, 1.54) is 12.1 Å². The lowest BCUT2D eigenvalue weighted by Crippen LogP contribution is -2.30. The van der Waals surface area contributed by atoms with Crippen LogP contribution in [-0.4, -0.2) is 28.3 Å². The van der Waals surface area contributed by atoms with E-state index in [4.69, 9.17) is 0 Å². The fourth-order valence-electron chi connectivity index (χ4n) is 3.45. The van der Waals surface area contributed by atoms with Crippen molar-refractivity contribution in [1.82, 2.24) is 9.78 Å². The first-order chi connectivity index (χ1) is 14.6. The zero-order valence-electron chi connectivity index (χ0n) is 17.9. The maximum atomic E-state index is 13.8. The van der Waals surface area contributed by atoms with E-state index in [1.54, 1.807) is 24.3 Å². The van der Waals surface area contributed by atoms with Gasteiger partial charge in [-0.1, -0.05) is 17.7 Å². The van der Waals surface area contributed by atoms with Gasteiger partial charge in [-0.25, -0.2) is 4.68 Å². The van der Waals surface area contributed by atoms with Crippen molar-refractivity contribution < 1.29 is 18.0 Å². The van der Waals surface area contributed by atoms with Crippen LogP contribution in [0.5, 0.6) is 0 Å². The van der Waals surface area contributed by atoms with Crippen LogP contribution in [0.1, 0.15) is 42.4 Å². The van der Waals surface area contributed by atoms with Gasteiger partial charge in [-0.05, 0) is 64.1 Å². The normalized spacial score (nSPS) is 11.6. The van der Waals surface area contributed by atoms with Crippen LogP contribution in [0.15, 0.2) is 54.7 Å². The zero-order chi connectivity index (χ0) is 22.8. The van der Waals surface area contributed by atoms with Gasteiger partial charge in [0.25, 0.3) is 5.91 Å². The van der Waals surface area contributed by atoms with Gasteiger partial charge < -0.3 is 10.2 Å². The van der Waals surface area contributed by atoms with Crippen molar-refractivity contribution in [3.8, 4) is 5.69 Å². The molecule has 31 heavy (non-hydrogen) atoms. The molecule has 3 rings (SSSR count). The van der Waals surface area contributed by atoms with Gasteiger partial charge >= 0.3 is 6.18 Å². The van der Waals surface area contributed by atoms with Gasteiger partial charge in [-0.15, -0.1) is 0 Å². The predicted molar refractivity (Wildman–Crippen MR) is 116 cm³/mol. The molecule has 0 aliphatic rings. The van der Waals surface area contributed by atoms with Gasteiger partial charge in [0.2, 0.25) is 0 Å². The molecule has 0 saturated carbocycles. The molecule has 1 aromatic heterocycles. The molecule has 0 spiro atoms. The Morgan fingerprint density at radius 1 is 1.10 bits per heavy atom. The summed E-state index contributed by atoms with van der Waals surface area (Å²) in [6.45, 7) is 8.84. The van der Waals surface area contributed by atoms with Crippen LogP contribution >= 0.6 is 0 Å². The average Bonchev–Trinajstić information content (AvgIpc) is 3.16. The molecule has 1 heterocycles. The van der Waals surface area contributed by atoms with E-state index in [-0.39, 0.29) is 5.69 Å². The Balaban J connectivity index is 1.89. The summed E-state index contributed by atoms with van der Waals surface area (Å²) in [5.41, 5.74) is 0.875. The number of carbonyl (C=O) groups excluding carboxylic acids is 1. The van der Waals surface area contributed by atoms with Gasteiger partial charge in [0.05, 0.1) is 17.4 Å². The van der Waals surface area contributed by atoms with Crippen LogP contribution in [0.25, 0.3) is 5.69 Å². The van der Waals surface area contributed by atoms with E-state index in [0.717, 1.165) is 28.7 Å². The first-order valence-corrected chi connectivity index (χ1v) is 10.0. The third-order valence-corrected chi connectivity index (χ3v) is 4.98. The summed E-state index contributed by atoms with van der Waals surface area (Å²) < 4.78 is 42.2. The molecule has 1 N–H and O–H groups in total. The van der Waals surface area contributed by atoms with Gasteiger partial charge in [0.15, 0.2) is 5.69 Å². The number of nitrogens with one attached hydrogen (secondary N) is 1. The molecule has 3 aromatic rings. The molecule has 0 aliphatic heterocycles. The Labute approximate surface area is 179 Å². The molecule has 1 amide bonds. The van der Waals surface area contributed by atoms with Crippen LogP contribution in [0.3, 0.4) is 0 Å². The molecule has 2 aromatic carbocycles. The monoisotopic (exact) mass is 430 g/mol. The Morgan fingerprint density at radius 3 is 2.23 bits per heavy atom. The number of halogens is 3. The largest absolute Gasteiger partial charge is 0.434 e. The lowest BCUT2D eigenvalue weighted by Gasteiger charge is -2.27. The summed E-state index contributed by atoms with van der Waals surface area (Å²) in [6.07, 6.45) is -3.80. The van der Waals surface area contributed by atoms with Crippen molar-refractivity contribution in [2.24, 2.45) is 0 Å². The van der Waals surface area contributed by atoms with E-state index in [2.05, 4.69) is 29.2 Å². The van der Waals surface area contributed by atoms with Crippen molar-refractivity contribution >= 4 is 17.3 Å². The lowest BCUT2D eigenvalue weighted by molar-refractivity contribution is -0.143. The molecular formula is C23H25F3N4O. The number of benzene rings is 2. The second-order valence-electron chi connectivity index (χ2n) is 7.53. The molecule has 0 fully saturated rings. The number of hydrogen-bond donors (Lipinski definition) is 1. The topological polar surface area (TPSA) is 50.2 Å². The van der Waals surface area contributed by atoms with Gasteiger partial charge in [0, 0.05) is 24.0 Å². The number of amides is 1. The number of carbonyl (C=O) groups is 1. The number of rotatable bonds is 6. The Bertz CT molecular complexity index is 1040. The minimum absolute atomic E-state index is 0.231. The van der Waals surface area contributed by atoms with E-state index in [9.17, 15) is 18.0 Å². The first-order valence-electron chi connectivity index (χ1n) is 10.0. The minimum Gasteiger partial charge on any atom is -0.369 e. The van der Waals surface area contributed by atoms with Crippen LogP contribution in [0.4, 0.5) is 24.5 Å². The van der Waals surface area contributed by atoms with E-state index in [1.807, 2.05) is 26.0 Å². The number of aromatic nitrogens is 2. The van der Waals surface area contributed by atoms with Crippen LogP contribution < -0.4 is 10.2 Å². The molecule has 0 aliphatic carbocycles. The number of anilines is 2. The number of alkyl halides is 3. The number of hydrogen-bond acceptors (Lipinski definition) is 3. The van der Waals surface area contributed by atoms with Crippen molar-refractivity contribution in [2.45, 2.75) is 39.9 Å².